The maximum Gasteiger partial charge on any atom is 0.296 e. The van der Waals surface area contributed by atoms with Crippen LogP contribution in [-0.2, 0) is 10.5 Å². The molecule has 0 fully saturated rings. The zero-order valence-corrected chi connectivity index (χ0v) is 26.6. The number of aromatic nitrogens is 2. The number of aliphatic hydroxyl groups is 1. The topological polar surface area (TPSA) is 124 Å². The van der Waals surface area contributed by atoms with Crippen molar-refractivity contribution in [3.05, 3.63) is 101 Å². The molecule has 0 saturated heterocycles. The summed E-state index contributed by atoms with van der Waals surface area (Å²) in [5.41, 5.74) is 1.52. The predicted octanol–water partition coefficient (Wildman–Crippen LogP) is 7.30. The van der Waals surface area contributed by atoms with Crippen LogP contribution in [0, 0.1) is 5.82 Å². The van der Waals surface area contributed by atoms with Crippen molar-refractivity contribution in [1.29, 1.82) is 0 Å². The van der Waals surface area contributed by atoms with Crippen LogP contribution in [0.1, 0.15) is 41.6 Å². The molecule has 2 aromatic heterocycles. The molecule has 1 aliphatic heterocycles. The summed E-state index contributed by atoms with van der Waals surface area (Å²) in [6.07, 6.45) is 0. The van der Waals surface area contributed by atoms with Crippen LogP contribution in [0.2, 0.25) is 0 Å². The van der Waals surface area contributed by atoms with Crippen LogP contribution in [0.5, 0.6) is 17.2 Å². The maximum absolute atomic E-state index is 14.2. The normalized spacial score (nSPS) is 14.7. The van der Waals surface area contributed by atoms with Crippen LogP contribution in [-0.4, -0.2) is 47.3 Å². The maximum atomic E-state index is 14.2. The quantitative estimate of drug-likeness (QED) is 0.0827. The number of benzene rings is 3. The van der Waals surface area contributed by atoms with Crippen molar-refractivity contribution in [2.75, 3.05) is 25.2 Å². The van der Waals surface area contributed by atoms with Gasteiger partial charge in [0.05, 0.1) is 31.9 Å². The first kappa shape index (κ1) is 31.1. The second-order valence-corrected chi connectivity index (χ2v) is 12.2. The SMILES string of the molecule is CCOc1ccc(C2C(C(=O)c3cc4cccc(OC)c4o3)=C(O)C(=O)N2c2nnc(SCc3ccc(F)cc3)s2)cc1OCC. The summed E-state index contributed by atoms with van der Waals surface area (Å²) in [5.74, 6) is -0.812. The van der Waals surface area contributed by atoms with Gasteiger partial charge in [-0.05, 0) is 61.4 Å². The summed E-state index contributed by atoms with van der Waals surface area (Å²) < 4.78 is 36.8. The van der Waals surface area contributed by atoms with E-state index in [1.807, 2.05) is 13.8 Å². The smallest absolute Gasteiger partial charge is 0.296 e. The second-order valence-electron chi connectivity index (χ2n) is 10.00. The van der Waals surface area contributed by atoms with E-state index in [0.29, 0.717) is 57.1 Å². The number of halogens is 1. The lowest BCUT2D eigenvalue weighted by atomic mass is 9.95. The molecule has 6 rings (SSSR count). The van der Waals surface area contributed by atoms with Crippen molar-refractivity contribution in [1.82, 2.24) is 10.2 Å². The number of carbonyl (C=O) groups is 2. The van der Waals surface area contributed by atoms with Crippen LogP contribution in [0.4, 0.5) is 9.52 Å². The first-order valence-electron chi connectivity index (χ1n) is 14.3. The van der Waals surface area contributed by atoms with Gasteiger partial charge < -0.3 is 23.7 Å². The summed E-state index contributed by atoms with van der Waals surface area (Å²) in [6, 6.07) is 16.9. The van der Waals surface area contributed by atoms with E-state index in [4.69, 9.17) is 18.6 Å². The van der Waals surface area contributed by atoms with Gasteiger partial charge in [0.15, 0.2) is 38.7 Å². The van der Waals surface area contributed by atoms with E-state index >= 15 is 0 Å². The molecule has 1 N–H and O–H groups in total. The van der Waals surface area contributed by atoms with Crippen LogP contribution in [0.25, 0.3) is 11.0 Å². The first-order chi connectivity index (χ1) is 22.3. The van der Waals surface area contributed by atoms with E-state index in [9.17, 15) is 19.1 Å². The predicted molar refractivity (Wildman–Crippen MR) is 172 cm³/mol. The fourth-order valence-corrected chi connectivity index (χ4v) is 6.94. The van der Waals surface area contributed by atoms with Gasteiger partial charge in [-0.2, -0.15) is 0 Å². The largest absolute Gasteiger partial charge is 0.503 e. The molecular weight excluding hydrogens is 634 g/mol. The van der Waals surface area contributed by atoms with Gasteiger partial charge in [0, 0.05) is 11.1 Å². The highest BCUT2D eigenvalue weighted by molar-refractivity contribution is 8.00. The Hall–Kier alpha value is -4.88. The number of methoxy groups -OCH3 is 1. The number of hydrogen-bond donors (Lipinski definition) is 1. The minimum atomic E-state index is -1.10. The van der Waals surface area contributed by atoms with Gasteiger partial charge in [0.1, 0.15) is 5.82 Å². The second kappa shape index (κ2) is 13.2. The third kappa shape index (κ3) is 5.90. The molecule has 0 spiro atoms. The molecule has 0 radical (unpaired) electrons. The fourth-order valence-electron chi connectivity index (χ4n) is 5.11. The first-order valence-corrected chi connectivity index (χ1v) is 16.1. The third-order valence-electron chi connectivity index (χ3n) is 7.17. The fraction of sp³-hybridized carbons (Fsp3) is 0.212. The van der Waals surface area contributed by atoms with Crippen molar-refractivity contribution in [2.24, 2.45) is 0 Å². The number of furan rings is 1. The van der Waals surface area contributed by atoms with Crippen molar-refractivity contribution in [3.63, 3.8) is 0 Å². The summed E-state index contributed by atoms with van der Waals surface area (Å²) in [5, 5.41) is 20.6. The number of anilines is 1. The zero-order valence-electron chi connectivity index (χ0n) is 25.0. The number of hydrogen-bond acceptors (Lipinski definition) is 11. The van der Waals surface area contributed by atoms with Crippen LogP contribution in [0.3, 0.4) is 0 Å². The van der Waals surface area contributed by atoms with Gasteiger partial charge >= 0.3 is 0 Å². The number of fused-ring (bicyclic) bond motifs is 1. The van der Waals surface area contributed by atoms with Gasteiger partial charge in [-0.3, -0.25) is 14.5 Å². The van der Waals surface area contributed by atoms with Gasteiger partial charge in [0.25, 0.3) is 5.91 Å². The van der Waals surface area contributed by atoms with E-state index in [1.54, 1.807) is 54.6 Å². The lowest BCUT2D eigenvalue weighted by Crippen LogP contribution is -2.31. The molecule has 0 bridgehead atoms. The molecule has 1 aliphatic rings. The van der Waals surface area contributed by atoms with Crippen molar-refractivity contribution >= 4 is 50.9 Å². The number of thioether (sulfide) groups is 1. The minimum Gasteiger partial charge on any atom is -0.503 e. The Bertz CT molecular complexity index is 1950. The molecule has 1 atom stereocenters. The van der Waals surface area contributed by atoms with Gasteiger partial charge in [0.2, 0.25) is 10.9 Å². The van der Waals surface area contributed by atoms with Gasteiger partial charge in [-0.1, -0.05) is 53.4 Å². The average molecular weight is 662 g/mol. The van der Waals surface area contributed by atoms with Crippen molar-refractivity contribution < 1.29 is 37.7 Å². The number of para-hydroxylation sites is 1. The lowest BCUT2D eigenvalue weighted by Gasteiger charge is -2.24. The Morgan fingerprint density at radius 2 is 1.78 bits per heavy atom. The number of carbonyl (C=O) groups excluding carboxylic acids is 2. The Labute approximate surface area is 271 Å². The van der Waals surface area contributed by atoms with Crippen LogP contribution in [0.15, 0.2) is 86.8 Å². The standard InChI is InChI=1S/C33H28FN3O7S2/c1-4-42-22-14-11-19(15-24(22)43-5-2)27-26(28(38)25-16-20-7-6-8-23(41-3)30(20)44-25)29(39)31(40)37(27)32-35-36-33(46-32)45-17-18-9-12-21(34)13-10-18/h6-16,27,39H,4-5,17H2,1-3H3. The molecule has 0 aliphatic carbocycles. The number of rotatable bonds is 12. The Morgan fingerprint density at radius 1 is 1.02 bits per heavy atom. The van der Waals surface area contributed by atoms with Gasteiger partial charge in [-0.25, -0.2) is 4.39 Å². The minimum absolute atomic E-state index is 0.0792. The number of nitrogens with zero attached hydrogens (tertiary/aromatic N) is 3. The molecule has 1 amide bonds. The number of Topliss-reactive ketones (excluding diaryl/α,β-unsaturated/α-hetero) is 1. The van der Waals surface area contributed by atoms with Crippen LogP contribution >= 0.6 is 23.1 Å². The molecular formula is C33H28FN3O7S2. The van der Waals surface area contributed by atoms with Crippen molar-refractivity contribution in [2.45, 2.75) is 30.0 Å². The molecule has 46 heavy (non-hydrogen) atoms. The van der Waals surface area contributed by atoms with E-state index < -0.39 is 23.5 Å². The zero-order chi connectivity index (χ0) is 32.4. The Morgan fingerprint density at radius 3 is 2.52 bits per heavy atom. The Kier molecular flexibility index (Phi) is 8.95. The number of ether oxygens (including phenoxy) is 3. The molecule has 10 nitrogen and oxygen atoms in total. The molecule has 5 aromatic rings. The summed E-state index contributed by atoms with van der Waals surface area (Å²) in [7, 11) is 1.49. The summed E-state index contributed by atoms with van der Waals surface area (Å²) in [6.45, 7) is 4.42. The highest BCUT2D eigenvalue weighted by Gasteiger charge is 2.47. The highest BCUT2D eigenvalue weighted by atomic mass is 32.2. The highest BCUT2D eigenvalue weighted by Crippen LogP contribution is 2.46. The Balaban J connectivity index is 1.41. The van der Waals surface area contributed by atoms with Gasteiger partial charge in [-0.15, -0.1) is 10.2 Å². The number of amides is 1. The molecule has 236 valence electrons. The summed E-state index contributed by atoms with van der Waals surface area (Å²) in [4.78, 5) is 29.2. The summed E-state index contributed by atoms with van der Waals surface area (Å²) >= 11 is 2.49. The molecule has 13 heteroatoms. The molecule has 3 heterocycles. The van der Waals surface area contributed by atoms with E-state index in [-0.39, 0.29) is 22.3 Å². The van der Waals surface area contributed by atoms with Crippen molar-refractivity contribution in [3.8, 4) is 17.2 Å². The van der Waals surface area contributed by atoms with Crippen LogP contribution < -0.4 is 19.1 Å². The number of ketones is 1. The van der Waals surface area contributed by atoms with E-state index in [0.717, 1.165) is 16.9 Å². The molecule has 1 unspecified atom stereocenters. The molecule has 3 aromatic carbocycles. The van der Waals surface area contributed by atoms with E-state index in [2.05, 4.69) is 10.2 Å². The monoisotopic (exact) mass is 661 g/mol. The van der Waals surface area contributed by atoms with E-state index in [1.165, 1.54) is 35.9 Å². The average Bonchev–Trinajstić information content (AvgIpc) is 3.78. The lowest BCUT2D eigenvalue weighted by molar-refractivity contribution is -0.117. The third-order valence-corrected chi connectivity index (χ3v) is 9.29. The molecule has 0 saturated carbocycles. The number of aliphatic hydroxyl groups excluding tert-OH is 1.